The normalized spacial score (nSPS) is 23.4. The molecule has 4 amide bonds. The van der Waals surface area contributed by atoms with Crippen molar-refractivity contribution in [1.29, 1.82) is 0 Å². The second-order valence-electron chi connectivity index (χ2n) is 17.0. The molecule has 5 heterocycles. The topological polar surface area (TPSA) is 183 Å². The summed E-state index contributed by atoms with van der Waals surface area (Å²) in [7, 11) is 2.60. The lowest BCUT2D eigenvalue weighted by molar-refractivity contribution is -0.140. The van der Waals surface area contributed by atoms with Gasteiger partial charge in [-0.1, -0.05) is 58.0 Å². The van der Waals surface area contributed by atoms with Gasteiger partial charge in [0.2, 0.25) is 11.8 Å². The molecule has 4 aliphatic rings. The molecule has 3 aliphatic heterocycles. The number of methoxy groups -OCH3 is 2. The third-order valence-electron chi connectivity index (χ3n) is 12.8. The molecule has 15 heteroatoms. The number of benzene rings is 2. The van der Waals surface area contributed by atoms with Gasteiger partial charge in [-0.15, -0.1) is 0 Å². The number of carbonyl (C=O) groups is 4. The smallest absolute Gasteiger partial charge is 0.407 e. The number of hydrogen-bond donors (Lipinski definition) is 4. The first-order chi connectivity index (χ1) is 28.4. The fourth-order valence-corrected chi connectivity index (χ4v) is 9.63. The molecule has 3 fully saturated rings. The van der Waals surface area contributed by atoms with Crippen LogP contribution in [0.5, 0.6) is 0 Å². The highest BCUT2D eigenvalue weighted by molar-refractivity contribution is 6.01. The minimum Gasteiger partial charge on any atom is -0.464 e. The summed E-state index contributed by atoms with van der Waals surface area (Å²) in [5, 5.41) is 10.0. The van der Waals surface area contributed by atoms with Crippen LogP contribution in [0.3, 0.4) is 0 Å². The van der Waals surface area contributed by atoms with E-state index < -0.39 is 29.8 Å². The number of amidine groups is 1. The van der Waals surface area contributed by atoms with Gasteiger partial charge >= 0.3 is 12.2 Å². The van der Waals surface area contributed by atoms with Gasteiger partial charge in [-0.25, -0.2) is 14.6 Å². The molecule has 312 valence electrons. The van der Waals surface area contributed by atoms with E-state index in [9.17, 15) is 19.2 Å². The number of rotatable bonds is 11. The van der Waals surface area contributed by atoms with Gasteiger partial charge in [-0.05, 0) is 78.7 Å². The number of carbonyl (C=O) groups excluding carboxylic acids is 4. The summed E-state index contributed by atoms with van der Waals surface area (Å²) in [5.74, 6) is 1.45. The van der Waals surface area contributed by atoms with Crippen LogP contribution in [-0.4, -0.2) is 102 Å². The average molecular weight is 807 g/mol. The molecule has 15 nitrogen and oxygen atoms in total. The fraction of sp³-hybridized carbons (Fsp3) is 0.500. The monoisotopic (exact) mass is 806 g/mol. The predicted octanol–water partition coefficient (Wildman–Crippen LogP) is 6.12. The Balaban J connectivity index is 0.974. The van der Waals surface area contributed by atoms with Crippen LogP contribution in [0.15, 0.2) is 64.3 Å². The standard InChI is InChI=1S/C44H54N8O7/c1-24(2)35(49-42(55)57-5)39(53)51-18-7-8-34(51)38-45-21-32(47-38)28-11-9-27(10-12-28)29-13-14-31(37-30(29)16-19-59-37)33-22-46-41(48-33)44-17-15-26(20-44)23-52(44)40(54)36(25(3)4)50-43(56)58-6/h9-14,16,19,22,24-26,32,34-36H,7-8,15,17-18,20-21,23H2,1-6H3,(H,45,47)(H,46,48)(H,49,55)(H,50,56)/t26?,32?,34-,35-,36-,44?/m0/s1. The molecule has 3 unspecified atom stereocenters. The Morgan fingerprint density at radius 2 is 1.59 bits per heavy atom. The van der Waals surface area contributed by atoms with Crippen molar-refractivity contribution in [2.45, 2.75) is 89.5 Å². The quantitative estimate of drug-likeness (QED) is 0.139. The first-order valence-corrected chi connectivity index (χ1v) is 20.7. The van der Waals surface area contributed by atoms with Crippen LogP contribution < -0.4 is 16.0 Å². The number of alkyl carbamates (subject to hydrolysis) is 2. The van der Waals surface area contributed by atoms with Gasteiger partial charge in [0.15, 0.2) is 0 Å². The van der Waals surface area contributed by atoms with Crippen molar-refractivity contribution in [1.82, 2.24) is 35.7 Å². The number of aliphatic imine (C=N–C) groups is 1. The van der Waals surface area contributed by atoms with E-state index in [2.05, 4.69) is 51.3 Å². The van der Waals surface area contributed by atoms with E-state index >= 15 is 0 Å². The van der Waals surface area contributed by atoms with Crippen molar-refractivity contribution in [3.63, 3.8) is 0 Å². The molecule has 2 bridgehead atoms. The Morgan fingerprint density at radius 1 is 0.898 bits per heavy atom. The number of amides is 4. The summed E-state index contributed by atoms with van der Waals surface area (Å²) < 4.78 is 15.7. The summed E-state index contributed by atoms with van der Waals surface area (Å²) in [6, 6.07) is 13.0. The van der Waals surface area contributed by atoms with Crippen LogP contribution in [0.1, 0.15) is 77.2 Å². The molecule has 2 aromatic heterocycles. The number of furan rings is 1. The van der Waals surface area contributed by atoms with Gasteiger partial charge < -0.3 is 44.6 Å². The molecule has 8 rings (SSSR count). The highest BCUT2D eigenvalue weighted by atomic mass is 16.5. The molecule has 1 saturated carbocycles. The number of fused-ring (bicyclic) bond motifs is 3. The molecule has 2 aromatic carbocycles. The fourth-order valence-electron chi connectivity index (χ4n) is 9.63. The molecule has 4 N–H and O–H groups in total. The molecule has 2 saturated heterocycles. The summed E-state index contributed by atoms with van der Waals surface area (Å²) in [6.07, 6.45) is 6.57. The van der Waals surface area contributed by atoms with Gasteiger partial charge in [0.25, 0.3) is 0 Å². The maximum Gasteiger partial charge on any atom is 0.407 e. The van der Waals surface area contributed by atoms with Crippen molar-refractivity contribution >= 4 is 40.8 Å². The van der Waals surface area contributed by atoms with Gasteiger partial charge in [0.05, 0.1) is 51.0 Å². The number of piperidine rings is 1. The van der Waals surface area contributed by atoms with Gasteiger partial charge in [0, 0.05) is 24.0 Å². The first-order valence-electron chi connectivity index (χ1n) is 20.7. The van der Waals surface area contributed by atoms with E-state index in [0.29, 0.717) is 25.6 Å². The van der Waals surface area contributed by atoms with E-state index in [1.807, 2.05) is 55.8 Å². The second kappa shape index (κ2) is 16.1. The van der Waals surface area contributed by atoms with Gasteiger partial charge in [-0.2, -0.15) is 0 Å². The Kier molecular flexibility index (Phi) is 10.9. The summed E-state index contributed by atoms with van der Waals surface area (Å²) in [6.45, 7) is 9.45. The van der Waals surface area contributed by atoms with Crippen molar-refractivity contribution < 1.29 is 33.1 Å². The SMILES string of the molecule is COC(=O)N[C@H](C(=O)N1CCC[C@H]1C1=NCC(c2ccc(-c3ccc(-c4cnc(C56CCC(CN5C(=O)[C@@H](NC(=O)OC)C(C)C)C6)[nH]4)c4occc34)cc2)N1)C(C)C. The molecule has 0 spiro atoms. The highest BCUT2D eigenvalue weighted by Crippen LogP contribution is 2.53. The Bertz CT molecular complexity index is 2260. The molecular weight excluding hydrogens is 753 g/mol. The number of aromatic amines is 1. The first kappa shape index (κ1) is 39.9. The summed E-state index contributed by atoms with van der Waals surface area (Å²) in [4.78, 5) is 68.9. The minimum absolute atomic E-state index is 0.0299. The average Bonchev–Trinajstić information content (AvgIpc) is 4.10. The van der Waals surface area contributed by atoms with Crippen molar-refractivity contribution in [2.75, 3.05) is 33.9 Å². The molecular formula is C44H54N8O7. The van der Waals surface area contributed by atoms with Crippen LogP contribution in [-0.2, 0) is 24.6 Å². The number of likely N-dealkylation sites (tertiary alicyclic amines) is 2. The lowest BCUT2D eigenvalue weighted by Crippen LogP contribution is -2.56. The number of H-pyrrole nitrogens is 1. The zero-order valence-corrected chi connectivity index (χ0v) is 34.5. The number of nitrogens with zero attached hydrogens (tertiary/aromatic N) is 4. The third-order valence-corrected chi connectivity index (χ3v) is 12.8. The number of aromatic nitrogens is 2. The van der Waals surface area contributed by atoms with E-state index in [1.165, 1.54) is 14.2 Å². The molecule has 6 atom stereocenters. The van der Waals surface area contributed by atoms with Crippen LogP contribution in [0.2, 0.25) is 0 Å². The number of ether oxygens (including phenoxy) is 2. The second-order valence-corrected chi connectivity index (χ2v) is 17.0. The molecule has 0 radical (unpaired) electrons. The maximum atomic E-state index is 14.0. The van der Waals surface area contributed by atoms with Gasteiger partial charge in [-0.3, -0.25) is 14.6 Å². The van der Waals surface area contributed by atoms with Crippen LogP contribution in [0.4, 0.5) is 9.59 Å². The number of hydrogen-bond acceptors (Lipinski definition) is 10. The minimum atomic E-state index is -0.709. The zero-order valence-electron chi connectivity index (χ0n) is 34.5. The number of imidazole rings is 1. The summed E-state index contributed by atoms with van der Waals surface area (Å²) >= 11 is 0. The Hall–Kier alpha value is -5.86. The molecule has 1 aliphatic carbocycles. The largest absolute Gasteiger partial charge is 0.464 e. The maximum absolute atomic E-state index is 14.0. The van der Waals surface area contributed by atoms with Crippen molar-refractivity contribution in [3.8, 4) is 22.4 Å². The van der Waals surface area contributed by atoms with Crippen LogP contribution in [0, 0.1) is 17.8 Å². The molecule has 59 heavy (non-hydrogen) atoms. The Labute approximate surface area is 343 Å². The molecule has 4 aromatic rings. The highest BCUT2D eigenvalue weighted by Gasteiger charge is 2.56. The van der Waals surface area contributed by atoms with E-state index in [-0.39, 0.29) is 35.7 Å². The number of nitrogens with one attached hydrogen (secondary N) is 4. The zero-order chi connectivity index (χ0) is 41.6. The Morgan fingerprint density at radius 3 is 2.27 bits per heavy atom. The van der Waals surface area contributed by atoms with Crippen LogP contribution >= 0.6 is 0 Å². The van der Waals surface area contributed by atoms with Crippen molar-refractivity contribution in [3.05, 3.63) is 66.3 Å². The summed E-state index contributed by atoms with van der Waals surface area (Å²) in [5.41, 5.74) is 4.99. The van der Waals surface area contributed by atoms with Gasteiger partial charge in [0.1, 0.15) is 34.9 Å². The van der Waals surface area contributed by atoms with E-state index in [0.717, 1.165) is 82.7 Å². The third kappa shape index (κ3) is 7.28. The predicted molar refractivity (Wildman–Crippen MR) is 221 cm³/mol. The van der Waals surface area contributed by atoms with E-state index in [1.54, 1.807) is 6.26 Å². The van der Waals surface area contributed by atoms with Crippen molar-refractivity contribution in [2.24, 2.45) is 22.7 Å². The van der Waals surface area contributed by atoms with Crippen LogP contribution in [0.25, 0.3) is 33.4 Å². The van der Waals surface area contributed by atoms with E-state index in [4.69, 9.17) is 23.9 Å². The lowest BCUT2D eigenvalue weighted by Gasteiger charge is -2.40. The lowest BCUT2D eigenvalue weighted by atomic mass is 9.93.